The minimum Gasteiger partial charge on any atom is -0.403 e. The molecule has 0 aliphatic heterocycles. The third kappa shape index (κ3) is 5.81. The van der Waals surface area contributed by atoms with Crippen molar-refractivity contribution >= 4 is 0 Å². The van der Waals surface area contributed by atoms with E-state index in [-0.39, 0.29) is 5.56 Å². The van der Waals surface area contributed by atoms with Crippen molar-refractivity contribution in [2.45, 2.75) is 39.0 Å². The van der Waals surface area contributed by atoms with Crippen molar-refractivity contribution in [1.29, 1.82) is 0 Å². The van der Waals surface area contributed by atoms with E-state index < -0.39 is 29.6 Å². The van der Waals surface area contributed by atoms with E-state index in [2.05, 4.69) is 4.74 Å². The van der Waals surface area contributed by atoms with Gasteiger partial charge in [-0.25, -0.2) is 13.2 Å². The predicted octanol–water partition coefficient (Wildman–Crippen LogP) is 7.41. The van der Waals surface area contributed by atoms with Gasteiger partial charge >= 0.3 is 6.36 Å². The number of hydrogen-bond acceptors (Lipinski definition) is 1. The lowest BCUT2D eigenvalue weighted by atomic mass is 9.98. The van der Waals surface area contributed by atoms with Crippen molar-refractivity contribution in [2.75, 3.05) is 0 Å². The minimum atomic E-state index is -4.96. The fourth-order valence-corrected chi connectivity index (χ4v) is 3.32. The Labute approximate surface area is 176 Å². The lowest BCUT2D eigenvalue weighted by Gasteiger charge is -2.11. The second-order valence-corrected chi connectivity index (χ2v) is 7.16. The Hall–Kier alpha value is -2.96. The van der Waals surface area contributed by atoms with Crippen LogP contribution in [0.15, 0.2) is 54.6 Å². The number of aryl methyl sites for hydroxylation is 3. The van der Waals surface area contributed by atoms with Gasteiger partial charge in [0.1, 0.15) is 0 Å². The first-order chi connectivity index (χ1) is 14.7. The first-order valence-electron chi connectivity index (χ1n) is 9.78. The molecule has 31 heavy (non-hydrogen) atoms. The van der Waals surface area contributed by atoms with E-state index in [1.807, 2.05) is 6.92 Å². The highest BCUT2D eigenvalue weighted by Crippen LogP contribution is 2.28. The van der Waals surface area contributed by atoms with Gasteiger partial charge in [-0.05, 0) is 53.6 Å². The molecule has 1 nitrogen and oxygen atoms in total. The molecule has 7 heteroatoms. The zero-order valence-corrected chi connectivity index (χ0v) is 16.7. The van der Waals surface area contributed by atoms with Crippen molar-refractivity contribution in [3.63, 3.8) is 0 Å². The zero-order valence-electron chi connectivity index (χ0n) is 16.7. The van der Waals surface area contributed by atoms with Gasteiger partial charge in [-0.1, -0.05) is 55.8 Å². The molecule has 0 N–H and O–H groups in total. The van der Waals surface area contributed by atoms with Gasteiger partial charge in [0.15, 0.2) is 23.2 Å². The van der Waals surface area contributed by atoms with Gasteiger partial charge in [-0.3, -0.25) is 0 Å². The second-order valence-electron chi connectivity index (χ2n) is 7.16. The van der Waals surface area contributed by atoms with Crippen LogP contribution in [0.4, 0.5) is 26.3 Å². The summed E-state index contributed by atoms with van der Waals surface area (Å²) in [6.07, 6.45) is -2.90. The molecule has 164 valence electrons. The molecule has 0 saturated carbocycles. The Morgan fingerprint density at radius 1 is 0.742 bits per heavy atom. The average molecular weight is 438 g/mol. The molecule has 0 heterocycles. The molecule has 3 aromatic carbocycles. The molecule has 0 spiro atoms. The maximum atomic E-state index is 14.4. The van der Waals surface area contributed by atoms with Gasteiger partial charge in [0.05, 0.1) is 0 Å². The molecule has 0 unspecified atom stereocenters. The molecule has 0 aliphatic carbocycles. The van der Waals surface area contributed by atoms with E-state index in [1.165, 1.54) is 6.07 Å². The molecule has 0 bridgehead atoms. The first kappa shape index (κ1) is 22.7. The Morgan fingerprint density at radius 2 is 1.39 bits per heavy atom. The summed E-state index contributed by atoms with van der Waals surface area (Å²) in [5, 5.41) is 0. The summed E-state index contributed by atoms with van der Waals surface area (Å²) >= 11 is 0. The van der Waals surface area contributed by atoms with Crippen LogP contribution in [0.25, 0.3) is 11.1 Å². The number of alkyl halides is 3. The van der Waals surface area contributed by atoms with Crippen LogP contribution in [-0.4, -0.2) is 6.36 Å². The highest BCUT2D eigenvalue weighted by molar-refractivity contribution is 5.65. The standard InChI is InChI=1S/C24H20F6O/c1-2-3-18-11-12-19(23(27)22(18)26)17-9-6-15(7-10-17)4-5-16-8-13-21(20(25)14-16)31-24(28,29)30/h6-14H,2-5H2,1H3. The lowest BCUT2D eigenvalue weighted by molar-refractivity contribution is -0.275. The third-order valence-electron chi connectivity index (χ3n) is 4.87. The average Bonchev–Trinajstić information content (AvgIpc) is 2.72. The SMILES string of the molecule is CCCc1ccc(-c2ccc(CCc3ccc(OC(F)(F)F)c(F)c3)cc2)c(F)c1F. The van der Waals surface area contributed by atoms with Crippen molar-refractivity contribution in [3.8, 4) is 16.9 Å². The fourth-order valence-electron chi connectivity index (χ4n) is 3.32. The Morgan fingerprint density at radius 3 is 2.00 bits per heavy atom. The van der Waals surface area contributed by atoms with Crippen molar-refractivity contribution < 1.29 is 31.1 Å². The lowest BCUT2D eigenvalue weighted by Crippen LogP contribution is -2.18. The van der Waals surface area contributed by atoms with Crippen LogP contribution in [0.1, 0.15) is 30.0 Å². The van der Waals surface area contributed by atoms with E-state index >= 15 is 0 Å². The molecule has 0 aliphatic rings. The summed E-state index contributed by atoms with van der Waals surface area (Å²) in [7, 11) is 0. The van der Waals surface area contributed by atoms with Crippen molar-refractivity contribution in [2.24, 2.45) is 0 Å². The Kier molecular flexibility index (Phi) is 6.93. The largest absolute Gasteiger partial charge is 0.573 e. The second kappa shape index (κ2) is 9.45. The summed E-state index contributed by atoms with van der Waals surface area (Å²) in [5.41, 5.74) is 2.42. The minimum absolute atomic E-state index is 0.172. The predicted molar refractivity (Wildman–Crippen MR) is 106 cm³/mol. The summed E-state index contributed by atoms with van der Waals surface area (Å²) in [5.74, 6) is -3.67. The normalized spacial score (nSPS) is 11.6. The van der Waals surface area contributed by atoms with Crippen LogP contribution >= 0.6 is 0 Å². The van der Waals surface area contributed by atoms with E-state index in [0.717, 1.165) is 17.7 Å². The van der Waals surface area contributed by atoms with Crippen LogP contribution in [0, 0.1) is 17.5 Å². The molecule has 0 saturated heterocycles. The molecule has 0 amide bonds. The molecule has 0 aromatic heterocycles. The van der Waals surface area contributed by atoms with Gasteiger partial charge in [0, 0.05) is 5.56 Å². The molecular formula is C24H20F6O. The highest BCUT2D eigenvalue weighted by atomic mass is 19.4. The summed E-state index contributed by atoms with van der Waals surface area (Å²) in [4.78, 5) is 0. The van der Waals surface area contributed by atoms with Crippen LogP contribution in [0.3, 0.4) is 0 Å². The molecular weight excluding hydrogens is 418 g/mol. The number of halogens is 6. The van der Waals surface area contributed by atoms with Gasteiger partial charge in [0.2, 0.25) is 0 Å². The van der Waals surface area contributed by atoms with Gasteiger partial charge in [-0.2, -0.15) is 0 Å². The molecule has 3 aromatic rings. The number of ether oxygens (including phenoxy) is 1. The summed E-state index contributed by atoms with van der Waals surface area (Å²) < 4.78 is 82.7. The summed E-state index contributed by atoms with van der Waals surface area (Å²) in [6.45, 7) is 1.89. The topological polar surface area (TPSA) is 9.23 Å². The van der Waals surface area contributed by atoms with Crippen LogP contribution < -0.4 is 4.74 Å². The van der Waals surface area contributed by atoms with Crippen molar-refractivity contribution in [1.82, 2.24) is 0 Å². The zero-order chi connectivity index (χ0) is 22.6. The monoisotopic (exact) mass is 438 g/mol. The van der Waals surface area contributed by atoms with E-state index in [9.17, 15) is 26.3 Å². The Bertz CT molecular complexity index is 1040. The smallest absolute Gasteiger partial charge is 0.403 e. The van der Waals surface area contributed by atoms with Gasteiger partial charge < -0.3 is 4.74 Å². The summed E-state index contributed by atoms with van der Waals surface area (Å²) in [6, 6.07) is 13.3. The van der Waals surface area contributed by atoms with E-state index in [4.69, 9.17) is 0 Å². The van der Waals surface area contributed by atoms with E-state index in [1.54, 1.807) is 36.4 Å². The van der Waals surface area contributed by atoms with Crippen molar-refractivity contribution in [3.05, 3.63) is 88.7 Å². The van der Waals surface area contributed by atoms with Crippen LogP contribution in [0.2, 0.25) is 0 Å². The first-order valence-corrected chi connectivity index (χ1v) is 9.78. The molecule has 0 atom stereocenters. The van der Waals surface area contributed by atoms with E-state index in [0.29, 0.717) is 42.4 Å². The molecule has 0 fully saturated rings. The fraction of sp³-hybridized carbons (Fsp3) is 0.250. The maximum Gasteiger partial charge on any atom is 0.573 e. The molecule has 3 rings (SSSR count). The number of benzene rings is 3. The highest BCUT2D eigenvalue weighted by Gasteiger charge is 2.32. The van der Waals surface area contributed by atoms with Gasteiger partial charge in [-0.15, -0.1) is 13.2 Å². The quantitative estimate of drug-likeness (QED) is 0.349. The molecule has 0 radical (unpaired) electrons. The Balaban J connectivity index is 1.68. The number of hydrogen-bond donors (Lipinski definition) is 0. The van der Waals surface area contributed by atoms with Gasteiger partial charge in [0.25, 0.3) is 0 Å². The number of rotatable bonds is 7. The maximum absolute atomic E-state index is 14.4. The van der Waals surface area contributed by atoms with Crippen LogP contribution in [-0.2, 0) is 19.3 Å². The third-order valence-corrected chi connectivity index (χ3v) is 4.87. The van der Waals surface area contributed by atoms with Crippen LogP contribution in [0.5, 0.6) is 5.75 Å².